The Morgan fingerprint density at radius 1 is 0.850 bits per heavy atom. The first-order valence-corrected chi connectivity index (χ1v) is 7.35. The largest absolute Gasteiger partial charge is 0.394 e. The third-order valence-corrected chi connectivity index (χ3v) is 2.45. The average Bonchev–Trinajstić information content (AvgIpc) is 2.46. The number of unbranched alkanes of at least 4 members (excludes halogenated alkanes) is 1. The second-order valence-corrected chi connectivity index (χ2v) is 4.46. The van der Waals surface area contributed by atoms with Crippen LogP contribution in [0.5, 0.6) is 0 Å². The summed E-state index contributed by atoms with van der Waals surface area (Å²) >= 11 is 0. The SMILES string of the molecule is CCC(O)COCCO.CCCCC(O)COCCO. The van der Waals surface area contributed by atoms with E-state index in [1.165, 1.54) is 0 Å². The lowest BCUT2D eigenvalue weighted by atomic mass is 10.2. The molecule has 0 aromatic rings. The van der Waals surface area contributed by atoms with Gasteiger partial charge in [0, 0.05) is 0 Å². The van der Waals surface area contributed by atoms with E-state index in [9.17, 15) is 5.11 Å². The molecule has 0 bridgehead atoms. The highest BCUT2D eigenvalue weighted by Gasteiger charge is 2.01. The fourth-order valence-electron chi connectivity index (χ4n) is 1.21. The van der Waals surface area contributed by atoms with Crippen LogP contribution in [-0.4, -0.2) is 72.3 Å². The van der Waals surface area contributed by atoms with Gasteiger partial charge in [-0.1, -0.05) is 26.7 Å². The molecule has 0 amide bonds. The molecule has 0 radical (unpaired) electrons. The highest BCUT2D eigenvalue weighted by Crippen LogP contribution is 2.00. The van der Waals surface area contributed by atoms with Crippen LogP contribution in [-0.2, 0) is 9.47 Å². The molecule has 0 heterocycles. The normalized spacial score (nSPS) is 13.5. The predicted octanol–water partition coefficient (Wildman–Crippen LogP) is 0.313. The first-order chi connectivity index (χ1) is 9.62. The minimum atomic E-state index is -0.378. The monoisotopic (exact) mass is 296 g/mol. The standard InChI is InChI=1S/C8H18O3.C6H14O3/c1-2-3-4-8(10)7-11-6-5-9;1-2-6(8)5-9-4-3-7/h8-10H,2-7H2,1H3;6-8H,2-5H2,1H3. The van der Waals surface area contributed by atoms with Crippen LogP contribution in [0.2, 0.25) is 0 Å². The van der Waals surface area contributed by atoms with E-state index in [0.717, 1.165) is 19.3 Å². The van der Waals surface area contributed by atoms with Gasteiger partial charge in [0.1, 0.15) is 0 Å². The van der Waals surface area contributed by atoms with Crippen molar-refractivity contribution in [2.24, 2.45) is 0 Å². The van der Waals surface area contributed by atoms with Crippen LogP contribution in [0.4, 0.5) is 0 Å². The zero-order chi connectivity index (χ0) is 15.6. The van der Waals surface area contributed by atoms with Gasteiger partial charge < -0.3 is 29.9 Å². The van der Waals surface area contributed by atoms with Gasteiger partial charge in [-0.05, 0) is 12.8 Å². The van der Waals surface area contributed by atoms with E-state index < -0.39 is 0 Å². The maximum Gasteiger partial charge on any atom is 0.0773 e. The Morgan fingerprint density at radius 2 is 1.35 bits per heavy atom. The minimum Gasteiger partial charge on any atom is -0.394 e. The molecular weight excluding hydrogens is 264 g/mol. The molecule has 6 nitrogen and oxygen atoms in total. The molecule has 0 aliphatic heterocycles. The van der Waals surface area contributed by atoms with Crippen molar-refractivity contribution in [2.75, 3.05) is 39.6 Å². The van der Waals surface area contributed by atoms with Crippen molar-refractivity contribution in [3.63, 3.8) is 0 Å². The van der Waals surface area contributed by atoms with Crippen molar-refractivity contribution in [3.8, 4) is 0 Å². The zero-order valence-corrected chi connectivity index (χ0v) is 12.8. The third-order valence-electron chi connectivity index (χ3n) is 2.45. The summed E-state index contributed by atoms with van der Waals surface area (Å²) in [6.45, 7) is 5.34. The van der Waals surface area contributed by atoms with E-state index in [1.54, 1.807) is 0 Å². The van der Waals surface area contributed by atoms with Crippen molar-refractivity contribution >= 4 is 0 Å². The molecular formula is C14H32O6. The molecule has 20 heavy (non-hydrogen) atoms. The topological polar surface area (TPSA) is 99.4 Å². The Morgan fingerprint density at radius 3 is 1.75 bits per heavy atom. The maximum absolute atomic E-state index is 9.20. The lowest BCUT2D eigenvalue weighted by molar-refractivity contribution is 0.0172. The van der Waals surface area contributed by atoms with Crippen LogP contribution < -0.4 is 0 Å². The summed E-state index contributed by atoms with van der Waals surface area (Å²) in [5.74, 6) is 0. The Bertz CT molecular complexity index is 168. The number of rotatable bonds is 12. The lowest BCUT2D eigenvalue weighted by Gasteiger charge is -2.09. The van der Waals surface area contributed by atoms with E-state index in [2.05, 4.69) is 6.92 Å². The number of aliphatic hydroxyl groups excluding tert-OH is 4. The average molecular weight is 296 g/mol. The Labute approximate surface area is 122 Å². The van der Waals surface area contributed by atoms with Gasteiger partial charge >= 0.3 is 0 Å². The lowest BCUT2D eigenvalue weighted by Crippen LogP contribution is -2.16. The predicted molar refractivity (Wildman–Crippen MR) is 77.6 cm³/mol. The molecule has 6 heteroatoms. The Balaban J connectivity index is 0. The molecule has 0 saturated carbocycles. The molecule has 0 fully saturated rings. The first kappa shape index (κ1) is 22.0. The second-order valence-electron chi connectivity index (χ2n) is 4.46. The van der Waals surface area contributed by atoms with Crippen LogP contribution in [0, 0.1) is 0 Å². The second kappa shape index (κ2) is 18.8. The van der Waals surface area contributed by atoms with Gasteiger partial charge in [-0.15, -0.1) is 0 Å². The fraction of sp³-hybridized carbons (Fsp3) is 1.00. The van der Waals surface area contributed by atoms with Crippen molar-refractivity contribution in [1.82, 2.24) is 0 Å². The molecule has 2 unspecified atom stereocenters. The summed E-state index contributed by atoms with van der Waals surface area (Å²) < 4.78 is 9.78. The summed E-state index contributed by atoms with van der Waals surface area (Å²) in [6, 6.07) is 0. The fourth-order valence-corrected chi connectivity index (χ4v) is 1.21. The summed E-state index contributed by atoms with van der Waals surface area (Å²) in [7, 11) is 0. The van der Waals surface area contributed by atoms with E-state index in [0.29, 0.717) is 32.8 Å². The van der Waals surface area contributed by atoms with Gasteiger partial charge in [0.05, 0.1) is 51.8 Å². The molecule has 0 rings (SSSR count). The molecule has 0 aromatic heterocycles. The molecule has 0 saturated heterocycles. The Kier molecular flexibility index (Phi) is 20.7. The smallest absolute Gasteiger partial charge is 0.0773 e. The van der Waals surface area contributed by atoms with Crippen molar-refractivity contribution in [1.29, 1.82) is 0 Å². The third kappa shape index (κ3) is 20.1. The first-order valence-electron chi connectivity index (χ1n) is 7.35. The quantitative estimate of drug-likeness (QED) is 0.387. The Hall–Kier alpha value is -0.240. The molecule has 0 aliphatic carbocycles. The molecule has 0 spiro atoms. The molecule has 0 aliphatic rings. The van der Waals surface area contributed by atoms with Gasteiger partial charge in [-0.3, -0.25) is 0 Å². The van der Waals surface area contributed by atoms with Gasteiger partial charge in [-0.2, -0.15) is 0 Å². The van der Waals surface area contributed by atoms with Gasteiger partial charge in [0.15, 0.2) is 0 Å². The van der Waals surface area contributed by atoms with Crippen LogP contribution in [0.1, 0.15) is 39.5 Å². The number of hydrogen-bond donors (Lipinski definition) is 4. The number of aliphatic hydroxyl groups is 4. The van der Waals surface area contributed by atoms with Crippen LogP contribution in [0.25, 0.3) is 0 Å². The summed E-state index contributed by atoms with van der Waals surface area (Å²) in [6.07, 6.45) is 2.88. The maximum atomic E-state index is 9.20. The van der Waals surface area contributed by atoms with Crippen molar-refractivity contribution in [3.05, 3.63) is 0 Å². The van der Waals surface area contributed by atoms with Gasteiger partial charge in [0.25, 0.3) is 0 Å². The van der Waals surface area contributed by atoms with E-state index in [-0.39, 0.29) is 25.4 Å². The van der Waals surface area contributed by atoms with E-state index >= 15 is 0 Å². The summed E-state index contributed by atoms with van der Waals surface area (Å²) in [5.41, 5.74) is 0. The van der Waals surface area contributed by atoms with E-state index in [4.69, 9.17) is 24.8 Å². The zero-order valence-electron chi connectivity index (χ0n) is 12.8. The number of ether oxygens (including phenoxy) is 2. The molecule has 2 atom stereocenters. The highest BCUT2D eigenvalue weighted by atomic mass is 16.5. The highest BCUT2D eigenvalue weighted by molar-refractivity contribution is 4.52. The number of hydrogen-bond acceptors (Lipinski definition) is 6. The summed E-state index contributed by atoms with van der Waals surface area (Å²) in [4.78, 5) is 0. The van der Waals surface area contributed by atoms with Crippen molar-refractivity contribution in [2.45, 2.75) is 51.7 Å². The van der Waals surface area contributed by atoms with Crippen LogP contribution in [0.3, 0.4) is 0 Å². The van der Waals surface area contributed by atoms with Gasteiger partial charge in [-0.25, -0.2) is 0 Å². The molecule has 0 aromatic carbocycles. The summed E-state index contributed by atoms with van der Waals surface area (Å²) in [5, 5.41) is 34.7. The van der Waals surface area contributed by atoms with Crippen LogP contribution in [0.15, 0.2) is 0 Å². The molecule has 4 N–H and O–H groups in total. The van der Waals surface area contributed by atoms with E-state index in [1.807, 2.05) is 6.92 Å². The van der Waals surface area contributed by atoms with Gasteiger partial charge in [0.2, 0.25) is 0 Å². The molecule has 124 valence electrons. The van der Waals surface area contributed by atoms with Crippen molar-refractivity contribution < 1.29 is 29.9 Å². The van der Waals surface area contributed by atoms with Crippen LogP contribution >= 0.6 is 0 Å². The minimum absolute atomic E-state index is 0.0242.